The Bertz CT molecular complexity index is 646. The second-order valence-electron chi connectivity index (χ2n) is 4.20. The van der Waals surface area contributed by atoms with Gasteiger partial charge in [-0.3, -0.25) is 9.59 Å². The van der Waals surface area contributed by atoms with Crippen molar-refractivity contribution in [3.05, 3.63) is 52.4 Å². The first kappa shape index (κ1) is 12.8. The predicted octanol–water partition coefficient (Wildman–Crippen LogP) is 0.773. The molecule has 6 heteroatoms. The molecule has 1 aromatic heterocycles. The highest BCUT2D eigenvalue weighted by molar-refractivity contribution is 5.90. The molecule has 3 N–H and O–H groups in total. The maximum absolute atomic E-state index is 11.8. The van der Waals surface area contributed by atoms with Crippen molar-refractivity contribution in [3.8, 4) is 0 Å². The molecule has 0 atom stereocenters. The molecule has 19 heavy (non-hydrogen) atoms. The van der Waals surface area contributed by atoms with Crippen LogP contribution in [0, 0.1) is 6.92 Å². The van der Waals surface area contributed by atoms with E-state index in [4.69, 9.17) is 5.73 Å². The van der Waals surface area contributed by atoms with Gasteiger partial charge in [0.2, 0.25) is 5.91 Å². The Morgan fingerprint density at radius 2 is 2.05 bits per heavy atom. The summed E-state index contributed by atoms with van der Waals surface area (Å²) in [5.74, 6) is -0.316. The Labute approximate surface area is 109 Å². The normalized spacial score (nSPS) is 10.2. The topological polar surface area (TPSA) is 90.0 Å². The lowest BCUT2D eigenvalue weighted by Gasteiger charge is -2.06. The van der Waals surface area contributed by atoms with Crippen LogP contribution in [0.3, 0.4) is 0 Å². The van der Waals surface area contributed by atoms with E-state index in [-0.39, 0.29) is 18.1 Å². The molecule has 6 nitrogen and oxygen atoms in total. The van der Waals surface area contributed by atoms with Crippen molar-refractivity contribution in [2.75, 3.05) is 11.1 Å². The summed E-state index contributed by atoms with van der Waals surface area (Å²) >= 11 is 0. The Hall–Kier alpha value is -2.63. The molecule has 0 radical (unpaired) electrons. The Balaban J connectivity index is 2.05. The maximum atomic E-state index is 11.8. The number of nitrogens with zero attached hydrogens (tertiary/aromatic N) is 2. The number of aryl methyl sites for hydroxylation is 1. The van der Waals surface area contributed by atoms with Crippen LogP contribution in [0.1, 0.15) is 5.56 Å². The van der Waals surface area contributed by atoms with Crippen LogP contribution in [0.25, 0.3) is 0 Å². The van der Waals surface area contributed by atoms with Crippen LogP contribution in [0.5, 0.6) is 0 Å². The summed E-state index contributed by atoms with van der Waals surface area (Å²) in [6.07, 6.45) is 1.33. The van der Waals surface area contributed by atoms with Crippen LogP contribution in [0.4, 0.5) is 11.4 Å². The number of carbonyl (C=O) groups is 1. The van der Waals surface area contributed by atoms with Crippen molar-refractivity contribution in [2.45, 2.75) is 13.5 Å². The summed E-state index contributed by atoms with van der Waals surface area (Å²) in [6.45, 7) is 1.82. The van der Waals surface area contributed by atoms with Crippen LogP contribution >= 0.6 is 0 Å². The minimum atomic E-state index is -0.404. The van der Waals surface area contributed by atoms with Gasteiger partial charge in [0, 0.05) is 11.8 Å². The number of rotatable bonds is 3. The molecule has 0 bridgehead atoms. The second-order valence-corrected chi connectivity index (χ2v) is 4.20. The fourth-order valence-corrected chi connectivity index (χ4v) is 1.54. The van der Waals surface area contributed by atoms with Gasteiger partial charge in [0.1, 0.15) is 6.54 Å². The summed E-state index contributed by atoms with van der Waals surface area (Å²) in [5.41, 5.74) is 7.08. The summed E-state index contributed by atoms with van der Waals surface area (Å²) in [6, 6.07) is 8.61. The fraction of sp³-hybridized carbons (Fsp3) is 0.154. The molecule has 2 aromatic rings. The third-order valence-electron chi connectivity index (χ3n) is 2.52. The Morgan fingerprint density at radius 3 is 2.68 bits per heavy atom. The van der Waals surface area contributed by atoms with Crippen LogP contribution in [-0.4, -0.2) is 15.7 Å². The molecule has 1 amide bonds. The van der Waals surface area contributed by atoms with E-state index in [0.29, 0.717) is 5.69 Å². The van der Waals surface area contributed by atoms with Crippen LogP contribution < -0.4 is 16.6 Å². The molecule has 0 spiro atoms. The molecule has 0 saturated carbocycles. The molecule has 0 saturated heterocycles. The molecule has 0 aliphatic rings. The number of nitrogen functional groups attached to an aromatic ring is 1. The van der Waals surface area contributed by atoms with Crippen molar-refractivity contribution in [1.29, 1.82) is 0 Å². The van der Waals surface area contributed by atoms with Crippen LogP contribution in [-0.2, 0) is 11.3 Å². The monoisotopic (exact) mass is 258 g/mol. The summed E-state index contributed by atoms with van der Waals surface area (Å²) in [5, 5.41) is 6.48. The first-order valence-corrected chi connectivity index (χ1v) is 5.74. The highest BCUT2D eigenvalue weighted by Crippen LogP contribution is 2.08. The first-order chi connectivity index (χ1) is 9.04. The average molecular weight is 258 g/mol. The SMILES string of the molecule is Cc1ccc(NC(=O)Cn2ncc(N)cc2=O)cc1. The summed E-state index contributed by atoms with van der Waals surface area (Å²) in [7, 11) is 0. The predicted molar refractivity (Wildman–Crippen MR) is 72.7 cm³/mol. The van der Waals surface area contributed by atoms with Crippen molar-refractivity contribution in [1.82, 2.24) is 9.78 Å². The highest BCUT2D eigenvalue weighted by atomic mass is 16.2. The lowest BCUT2D eigenvalue weighted by molar-refractivity contribution is -0.117. The van der Waals surface area contributed by atoms with Crippen molar-refractivity contribution in [3.63, 3.8) is 0 Å². The average Bonchev–Trinajstić information content (AvgIpc) is 2.36. The molecule has 98 valence electrons. The largest absolute Gasteiger partial charge is 0.397 e. The van der Waals surface area contributed by atoms with Gasteiger partial charge in [-0.2, -0.15) is 5.10 Å². The van der Waals surface area contributed by atoms with Crippen LogP contribution in [0.2, 0.25) is 0 Å². The number of carbonyl (C=O) groups excluding carboxylic acids is 1. The first-order valence-electron chi connectivity index (χ1n) is 5.74. The Kier molecular flexibility index (Phi) is 3.61. The smallest absolute Gasteiger partial charge is 0.269 e. The fourth-order valence-electron chi connectivity index (χ4n) is 1.54. The highest BCUT2D eigenvalue weighted by Gasteiger charge is 2.06. The zero-order valence-electron chi connectivity index (χ0n) is 10.5. The van der Waals surface area contributed by atoms with Gasteiger partial charge < -0.3 is 11.1 Å². The number of nitrogens with two attached hydrogens (primary N) is 1. The van der Waals surface area contributed by atoms with Gasteiger partial charge in [0.15, 0.2) is 0 Å². The van der Waals surface area contributed by atoms with Crippen LogP contribution in [0.15, 0.2) is 41.3 Å². The molecular formula is C13H14N4O2. The van der Waals surface area contributed by atoms with E-state index in [1.54, 1.807) is 12.1 Å². The van der Waals surface area contributed by atoms with Gasteiger partial charge in [-0.25, -0.2) is 4.68 Å². The molecule has 1 heterocycles. The molecule has 0 unspecified atom stereocenters. The molecule has 0 aliphatic heterocycles. The van der Waals surface area contributed by atoms with Crippen molar-refractivity contribution in [2.24, 2.45) is 0 Å². The van der Waals surface area contributed by atoms with Crippen molar-refractivity contribution >= 4 is 17.3 Å². The third-order valence-corrected chi connectivity index (χ3v) is 2.52. The third kappa shape index (κ3) is 3.41. The van der Waals surface area contributed by atoms with E-state index < -0.39 is 5.56 Å². The molecule has 0 aliphatic carbocycles. The van der Waals surface area contributed by atoms with Gasteiger partial charge in [0.25, 0.3) is 5.56 Å². The minimum absolute atomic E-state index is 0.146. The minimum Gasteiger partial charge on any atom is -0.397 e. The van der Waals surface area contributed by atoms with E-state index in [1.165, 1.54) is 12.3 Å². The number of benzene rings is 1. The molecular weight excluding hydrogens is 244 g/mol. The Morgan fingerprint density at radius 1 is 1.37 bits per heavy atom. The van der Waals surface area contributed by atoms with E-state index >= 15 is 0 Å². The number of nitrogens with one attached hydrogen (secondary N) is 1. The quantitative estimate of drug-likeness (QED) is 0.851. The number of hydrogen-bond donors (Lipinski definition) is 2. The van der Waals surface area contributed by atoms with Gasteiger partial charge in [-0.15, -0.1) is 0 Å². The number of hydrogen-bond acceptors (Lipinski definition) is 4. The number of amides is 1. The molecule has 0 fully saturated rings. The second kappa shape index (κ2) is 5.34. The van der Waals surface area contributed by atoms with E-state index in [9.17, 15) is 9.59 Å². The van der Waals surface area contributed by atoms with E-state index in [1.807, 2.05) is 19.1 Å². The summed E-state index contributed by atoms with van der Waals surface area (Å²) in [4.78, 5) is 23.3. The molecule has 1 aromatic carbocycles. The van der Waals surface area contributed by atoms with E-state index in [2.05, 4.69) is 10.4 Å². The molecule has 2 rings (SSSR count). The van der Waals surface area contributed by atoms with E-state index in [0.717, 1.165) is 10.2 Å². The van der Waals surface area contributed by atoms with Crippen molar-refractivity contribution < 1.29 is 4.79 Å². The summed E-state index contributed by atoms with van der Waals surface area (Å²) < 4.78 is 1.06. The van der Waals surface area contributed by atoms with Gasteiger partial charge in [-0.05, 0) is 19.1 Å². The lowest BCUT2D eigenvalue weighted by atomic mass is 10.2. The zero-order chi connectivity index (χ0) is 13.8. The maximum Gasteiger partial charge on any atom is 0.269 e. The standard InChI is InChI=1S/C13H14N4O2/c1-9-2-4-11(5-3-9)16-12(18)8-17-13(19)6-10(14)7-15-17/h2-7H,8,14H2,1H3,(H,16,18). The number of anilines is 2. The lowest BCUT2D eigenvalue weighted by Crippen LogP contribution is -2.29. The van der Waals surface area contributed by atoms with Gasteiger partial charge >= 0.3 is 0 Å². The number of aromatic nitrogens is 2. The van der Waals surface area contributed by atoms with Gasteiger partial charge in [-0.1, -0.05) is 17.7 Å². The zero-order valence-corrected chi connectivity index (χ0v) is 10.5. The van der Waals surface area contributed by atoms with Gasteiger partial charge in [0.05, 0.1) is 11.9 Å².